The summed E-state index contributed by atoms with van der Waals surface area (Å²) >= 11 is 0. The molecule has 0 saturated carbocycles. The van der Waals surface area contributed by atoms with Gasteiger partial charge in [-0.1, -0.05) is 37.6 Å². The van der Waals surface area contributed by atoms with Crippen molar-refractivity contribution in [1.29, 1.82) is 0 Å². The van der Waals surface area contributed by atoms with E-state index in [1.807, 2.05) is 31.1 Å². The van der Waals surface area contributed by atoms with Crippen LogP contribution in [0.3, 0.4) is 0 Å². The Bertz CT molecular complexity index is 1270. The second kappa shape index (κ2) is 8.31. The van der Waals surface area contributed by atoms with Crippen molar-refractivity contribution in [1.82, 2.24) is 15.5 Å². The standard InChI is InChI=1S/C27H29N3O4/c1-16(2)27(25(32)28-26(33)29-27)20-7-5-19(6-8-20)24(31)30-12-10-18(11-13-30)22-15-34-23-9-4-17(3)14-21(22)23/h4-9,14-16,18H,10-13H2,1-3H3,(H2,28,29,32,33). The molecule has 0 aliphatic carbocycles. The van der Waals surface area contributed by atoms with Gasteiger partial charge in [-0.05, 0) is 61.4 Å². The minimum absolute atomic E-state index is 0.0172. The summed E-state index contributed by atoms with van der Waals surface area (Å²) in [6.45, 7) is 7.22. The maximum Gasteiger partial charge on any atom is 0.322 e. The Morgan fingerprint density at radius 2 is 1.79 bits per heavy atom. The maximum absolute atomic E-state index is 13.2. The van der Waals surface area contributed by atoms with Crippen LogP contribution in [-0.4, -0.2) is 35.8 Å². The second-order valence-electron chi connectivity index (χ2n) is 9.71. The van der Waals surface area contributed by atoms with E-state index in [4.69, 9.17) is 4.42 Å². The average Bonchev–Trinajstić information content (AvgIpc) is 3.39. The Morgan fingerprint density at radius 1 is 1.09 bits per heavy atom. The average molecular weight is 460 g/mol. The molecule has 2 N–H and O–H groups in total. The fraction of sp³-hybridized carbons (Fsp3) is 0.370. The fourth-order valence-corrected chi connectivity index (χ4v) is 5.34. The minimum Gasteiger partial charge on any atom is -0.464 e. The zero-order valence-corrected chi connectivity index (χ0v) is 19.7. The normalized spacial score (nSPS) is 21.2. The third kappa shape index (κ3) is 3.56. The van der Waals surface area contributed by atoms with Crippen molar-refractivity contribution < 1.29 is 18.8 Å². The highest BCUT2D eigenvalue weighted by molar-refractivity contribution is 6.07. The molecule has 1 unspecified atom stereocenters. The molecule has 1 atom stereocenters. The van der Waals surface area contributed by atoms with E-state index < -0.39 is 11.6 Å². The summed E-state index contributed by atoms with van der Waals surface area (Å²) in [5.74, 6) is -0.167. The van der Waals surface area contributed by atoms with Gasteiger partial charge in [0.1, 0.15) is 11.1 Å². The van der Waals surface area contributed by atoms with Crippen LogP contribution in [0.15, 0.2) is 53.1 Å². The number of nitrogens with zero attached hydrogens (tertiary/aromatic N) is 1. The summed E-state index contributed by atoms with van der Waals surface area (Å²) in [5, 5.41) is 6.28. The molecule has 2 saturated heterocycles. The molecule has 0 radical (unpaired) electrons. The van der Waals surface area contributed by atoms with Crippen LogP contribution < -0.4 is 10.6 Å². The largest absolute Gasteiger partial charge is 0.464 e. The zero-order chi connectivity index (χ0) is 24.0. The molecule has 4 amide bonds. The van der Waals surface area contributed by atoms with Crippen LogP contribution in [0.5, 0.6) is 0 Å². The number of fused-ring (bicyclic) bond motifs is 1. The summed E-state index contributed by atoms with van der Waals surface area (Å²) < 4.78 is 5.76. The van der Waals surface area contributed by atoms with Gasteiger partial charge in [-0.3, -0.25) is 14.9 Å². The summed E-state index contributed by atoms with van der Waals surface area (Å²) in [5.41, 5.74) is 3.47. The molecule has 2 fully saturated rings. The van der Waals surface area contributed by atoms with Crippen LogP contribution in [0.4, 0.5) is 4.79 Å². The van der Waals surface area contributed by atoms with Crippen LogP contribution in [0, 0.1) is 12.8 Å². The number of urea groups is 1. The van der Waals surface area contributed by atoms with Gasteiger partial charge in [0.25, 0.3) is 11.8 Å². The van der Waals surface area contributed by atoms with Crippen LogP contribution in [0.2, 0.25) is 0 Å². The van der Waals surface area contributed by atoms with Gasteiger partial charge in [0.2, 0.25) is 0 Å². The number of hydrogen-bond donors (Lipinski definition) is 2. The molecule has 3 aromatic rings. The molecule has 176 valence electrons. The minimum atomic E-state index is -1.12. The van der Waals surface area contributed by atoms with E-state index in [0.29, 0.717) is 30.1 Å². The first-order valence-electron chi connectivity index (χ1n) is 11.8. The van der Waals surface area contributed by atoms with E-state index in [9.17, 15) is 14.4 Å². The number of carbonyl (C=O) groups excluding carboxylic acids is 3. The number of imide groups is 1. The van der Waals surface area contributed by atoms with Gasteiger partial charge in [-0.15, -0.1) is 0 Å². The number of piperidine rings is 1. The first-order valence-corrected chi connectivity index (χ1v) is 11.8. The molecule has 2 aromatic carbocycles. The van der Waals surface area contributed by atoms with E-state index in [0.717, 1.165) is 18.4 Å². The number of rotatable bonds is 4. The Kier molecular flexibility index (Phi) is 5.42. The molecule has 7 nitrogen and oxygen atoms in total. The molecule has 0 bridgehead atoms. The van der Waals surface area contributed by atoms with Gasteiger partial charge in [0, 0.05) is 29.6 Å². The number of nitrogens with one attached hydrogen (secondary N) is 2. The Labute approximate surface area is 198 Å². The van der Waals surface area contributed by atoms with Crippen molar-refractivity contribution in [3.63, 3.8) is 0 Å². The monoisotopic (exact) mass is 459 g/mol. The molecular weight excluding hydrogens is 430 g/mol. The van der Waals surface area contributed by atoms with Crippen LogP contribution >= 0.6 is 0 Å². The lowest BCUT2D eigenvalue weighted by Crippen LogP contribution is -2.48. The quantitative estimate of drug-likeness (QED) is 0.564. The predicted octanol–water partition coefficient (Wildman–Crippen LogP) is 4.45. The number of benzene rings is 2. The Hall–Kier alpha value is -3.61. The molecule has 2 aliphatic heterocycles. The van der Waals surface area contributed by atoms with Crippen molar-refractivity contribution in [3.8, 4) is 0 Å². The van der Waals surface area contributed by atoms with Crippen molar-refractivity contribution in [2.45, 2.75) is 45.1 Å². The summed E-state index contributed by atoms with van der Waals surface area (Å²) in [6, 6.07) is 12.8. The highest BCUT2D eigenvalue weighted by Gasteiger charge is 2.50. The number of amides is 4. The van der Waals surface area contributed by atoms with E-state index in [1.165, 1.54) is 16.5 Å². The Balaban J connectivity index is 1.29. The van der Waals surface area contributed by atoms with Gasteiger partial charge < -0.3 is 14.6 Å². The molecule has 7 heteroatoms. The van der Waals surface area contributed by atoms with E-state index in [2.05, 4.69) is 29.7 Å². The van der Waals surface area contributed by atoms with Crippen molar-refractivity contribution in [3.05, 3.63) is 71.0 Å². The number of likely N-dealkylation sites (tertiary alicyclic amines) is 1. The lowest BCUT2D eigenvalue weighted by atomic mass is 9.79. The fourth-order valence-electron chi connectivity index (χ4n) is 5.34. The Morgan fingerprint density at radius 3 is 2.41 bits per heavy atom. The first kappa shape index (κ1) is 22.2. The topological polar surface area (TPSA) is 91.7 Å². The summed E-state index contributed by atoms with van der Waals surface area (Å²) in [4.78, 5) is 39.4. The molecule has 34 heavy (non-hydrogen) atoms. The molecule has 3 heterocycles. The van der Waals surface area contributed by atoms with E-state index in [-0.39, 0.29) is 17.7 Å². The third-order valence-corrected chi connectivity index (χ3v) is 7.33. The van der Waals surface area contributed by atoms with Gasteiger partial charge in [0.05, 0.1) is 6.26 Å². The van der Waals surface area contributed by atoms with Gasteiger partial charge >= 0.3 is 6.03 Å². The second-order valence-corrected chi connectivity index (χ2v) is 9.71. The summed E-state index contributed by atoms with van der Waals surface area (Å²) in [7, 11) is 0. The van der Waals surface area contributed by atoms with Crippen molar-refractivity contribution in [2.24, 2.45) is 5.92 Å². The van der Waals surface area contributed by atoms with Gasteiger partial charge in [-0.25, -0.2) is 4.79 Å². The van der Waals surface area contributed by atoms with Crippen molar-refractivity contribution >= 4 is 28.8 Å². The third-order valence-electron chi connectivity index (χ3n) is 7.33. The molecule has 5 rings (SSSR count). The number of hydrogen-bond acceptors (Lipinski definition) is 4. The maximum atomic E-state index is 13.2. The zero-order valence-electron chi connectivity index (χ0n) is 19.7. The molecule has 2 aliphatic rings. The lowest BCUT2D eigenvalue weighted by molar-refractivity contribution is -0.125. The molecular formula is C27H29N3O4. The predicted molar refractivity (Wildman–Crippen MR) is 128 cm³/mol. The van der Waals surface area contributed by atoms with Crippen molar-refractivity contribution in [2.75, 3.05) is 13.1 Å². The van der Waals surface area contributed by atoms with Crippen LogP contribution in [0.1, 0.15) is 59.7 Å². The smallest absolute Gasteiger partial charge is 0.322 e. The van der Waals surface area contributed by atoms with Crippen LogP contribution in [-0.2, 0) is 10.3 Å². The van der Waals surface area contributed by atoms with E-state index in [1.54, 1.807) is 24.3 Å². The highest BCUT2D eigenvalue weighted by Crippen LogP contribution is 2.36. The lowest BCUT2D eigenvalue weighted by Gasteiger charge is -2.32. The highest BCUT2D eigenvalue weighted by atomic mass is 16.3. The number of carbonyl (C=O) groups is 3. The SMILES string of the molecule is Cc1ccc2occ(C3CCN(C(=O)c4ccc(C5(C(C)C)NC(=O)NC5=O)cc4)CC3)c2c1. The van der Waals surface area contributed by atoms with E-state index >= 15 is 0 Å². The summed E-state index contributed by atoms with van der Waals surface area (Å²) in [6.07, 6.45) is 3.64. The van der Waals surface area contributed by atoms with Gasteiger partial charge in [-0.2, -0.15) is 0 Å². The number of aryl methyl sites for hydroxylation is 1. The van der Waals surface area contributed by atoms with Crippen LogP contribution in [0.25, 0.3) is 11.0 Å². The van der Waals surface area contributed by atoms with Gasteiger partial charge in [0.15, 0.2) is 0 Å². The first-order chi connectivity index (χ1) is 16.3. The molecule has 0 spiro atoms. The number of furan rings is 1. The molecule has 1 aromatic heterocycles.